The second-order valence-electron chi connectivity index (χ2n) is 5.10. The first-order valence-corrected chi connectivity index (χ1v) is 6.42. The predicted octanol–water partition coefficient (Wildman–Crippen LogP) is 2.24. The first-order chi connectivity index (χ1) is 8.95. The maximum atomic E-state index is 12.3. The molecule has 0 spiro atoms. The van der Waals surface area contributed by atoms with Gasteiger partial charge in [0.15, 0.2) is 0 Å². The molecule has 2 rings (SSSR count). The average Bonchev–Trinajstić information content (AvgIpc) is 2.85. The van der Waals surface area contributed by atoms with E-state index >= 15 is 0 Å². The van der Waals surface area contributed by atoms with E-state index in [0.29, 0.717) is 5.69 Å². The molecule has 0 aliphatic rings. The van der Waals surface area contributed by atoms with Crippen LogP contribution in [0, 0.1) is 13.8 Å². The summed E-state index contributed by atoms with van der Waals surface area (Å²) in [6.45, 7) is 5.89. The maximum Gasteiger partial charge on any atom is 0.270 e. The Morgan fingerprint density at radius 3 is 2.74 bits per heavy atom. The number of rotatable bonds is 3. The van der Waals surface area contributed by atoms with E-state index in [1.165, 1.54) is 11.1 Å². The monoisotopic (exact) mass is 260 g/mol. The number of hydrogen-bond donors (Lipinski definition) is 2. The summed E-state index contributed by atoms with van der Waals surface area (Å²) in [4.78, 5) is 17.0. The molecule has 0 radical (unpaired) electrons. The quantitative estimate of drug-likeness (QED) is 0.889. The van der Waals surface area contributed by atoms with Crippen LogP contribution >= 0.6 is 0 Å². The van der Waals surface area contributed by atoms with E-state index in [2.05, 4.69) is 18.8 Å². The Hall–Kier alpha value is -1.81. The number of aromatic amines is 1. The lowest BCUT2D eigenvalue weighted by Crippen LogP contribution is -2.37. The number of aliphatic hydroxyl groups excluding tert-OH is 1. The van der Waals surface area contributed by atoms with Crippen molar-refractivity contribution in [2.45, 2.75) is 26.8 Å². The Kier molecular flexibility index (Phi) is 3.62. The van der Waals surface area contributed by atoms with E-state index in [0.717, 1.165) is 10.9 Å². The Morgan fingerprint density at radius 2 is 2.11 bits per heavy atom. The van der Waals surface area contributed by atoms with Crippen molar-refractivity contribution in [1.29, 1.82) is 0 Å². The lowest BCUT2D eigenvalue weighted by atomic mass is 10.1. The highest BCUT2D eigenvalue weighted by atomic mass is 16.3. The third-order valence-electron chi connectivity index (χ3n) is 3.82. The Bertz CT molecular complexity index is 616. The fourth-order valence-corrected chi connectivity index (χ4v) is 2.09. The van der Waals surface area contributed by atoms with Crippen LogP contribution in [0.15, 0.2) is 18.2 Å². The molecule has 1 amide bonds. The average molecular weight is 260 g/mol. The fraction of sp³-hybridized carbons (Fsp3) is 0.400. The van der Waals surface area contributed by atoms with Crippen molar-refractivity contribution in [3.05, 3.63) is 35.0 Å². The molecule has 0 fully saturated rings. The summed E-state index contributed by atoms with van der Waals surface area (Å²) < 4.78 is 0. The van der Waals surface area contributed by atoms with Gasteiger partial charge in [-0.05, 0) is 44.0 Å². The molecular weight excluding hydrogens is 240 g/mol. The van der Waals surface area contributed by atoms with E-state index in [-0.39, 0.29) is 18.6 Å². The van der Waals surface area contributed by atoms with E-state index in [9.17, 15) is 4.79 Å². The van der Waals surface area contributed by atoms with E-state index in [4.69, 9.17) is 5.11 Å². The highest BCUT2D eigenvalue weighted by molar-refractivity contribution is 5.99. The summed E-state index contributed by atoms with van der Waals surface area (Å²) in [5.41, 5.74) is 3.93. The fourth-order valence-electron chi connectivity index (χ4n) is 2.09. The number of hydrogen-bond acceptors (Lipinski definition) is 2. The van der Waals surface area contributed by atoms with Crippen LogP contribution in [0.5, 0.6) is 0 Å². The van der Waals surface area contributed by atoms with Crippen molar-refractivity contribution in [1.82, 2.24) is 9.88 Å². The normalized spacial score (nSPS) is 12.7. The summed E-state index contributed by atoms with van der Waals surface area (Å²) >= 11 is 0. The van der Waals surface area contributed by atoms with E-state index in [1.807, 2.05) is 25.1 Å². The highest BCUT2D eigenvalue weighted by Gasteiger charge is 2.19. The van der Waals surface area contributed by atoms with Crippen LogP contribution in [0.1, 0.15) is 28.5 Å². The lowest BCUT2D eigenvalue weighted by Gasteiger charge is -2.22. The zero-order valence-electron chi connectivity index (χ0n) is 11.8. The number of aromatic nitrogens is 1. The van der Waals surface area contributed by atoms with Crippen LogP contribution < -0.4 is 0 Å². The first kappa shape index (κ1) is 13.6. The molecule has 1 atom stereocenters. The van der Waals surface area contributed by atoms with Gasteiger partial charge in [-0.1, -0.05) is 6.07 Å². The molecule has 1 aromatic carbocycles. The topological polar surface area (TPSA) is 56.3 Å². The molecular formula is C15H20N2O2. The third-order valence-corrected chi connectivity index (χ3v) is 3.82. The second kappa shape index (κ2) is 5.05. The predicted molar refractivity (Wildman–Crippen MR) is 76.4 cm³/mol. The van der Waals surface area contributed by atoms with Crippen LogP contribution in [0.3, 0.4) is 0 Å². The van der Waals surface area contributed by atoms with Gasteiger partial charge in [0, 0.05) is 18.0 Å². The highest BCUT2D eigenvalue weighted by Crippen LogP contribution is 2.23. The van der Waals surface area contributed by atoms with Crippen molar-refractivity contribution in [2.24, 2.45) is 0 Å². The summed E-state index contributed by atoms with van der Waals surface area (Å²) in [6.07, 6.45) is 0. The van der Waals surface area contributed by atoms with Crippen LogP contribution in [-0.4, -0.2) is 40.6 Å². The van der Waals surface area contributed by atoms with E-state index < -0.39 is 0 Å². The van der Waals surface area contributed by atoms with Crippen LogP contribution in [0.2, 0.25) is 0 Å². The molecule has 0 saturated carbocycles. The van der Waals surface area contributed by atoms with Gasteiger partial charge in [-0.3, -0.25) is 4.79 Å². The summed E-state index contributed by atoms with van der Waals surface area (Å²) in [5, 5.41) is 10.2. The molecule has 1 unspecified atom stereocenters. The number of carbonyl (C=O) groups is 1. The SMILES string of the molecule is Cc1ccc2[nH]c(C(=O)N(C)C(C)CO)cc2c1C. The summed E-state index contributed by atoms with van der Waals surface area (Å²) in [6, 6.07) is 5.73. The first-order valence-electron chi connectivity index (χ1n) is 6.42. The molecule has 0 bridgehead atoms. The minimum atomic E-state index is -0.193. The van der Waals surface area contributed by atoms with Gasteiger partial charge in [0.1, 0.15) is 5.69 Å². The number of benzene rings is 1. The maximum absolute atomic E-state index is 12.3. The number of aliphatic hydroxyl groups is 1. The zero-order valence-corrected chi connectivity index (χ0v) is 11.8. The molecule has 4 heteroatoms. The van der Waals surface area contributed by atoms with Crippen LogP contribution in [0.4, 0.5) is 0 Å². The number of nitrogens with one attached hydrogen (secondary N) is 1. The number of fused-ring (bicyclic) bond motifs is 1. The van der Waals surface area contributed by atoms with Crippen molar-refractivity contribution in [3.63, 3.8) is 0 Å². The summed E-state index contributed by atoms with van der Waals surface area (Å²) in [5.74, 6) is -0.102. The Labute approximate surface area is 113 Å². The standard InChI is InChI=1S/C15H20N2O2/c1-9-5-6-13-12(11(9)3)7-14(16-13)15(19)17(4)10(2)8-18/h5-7,10,16,18H,8H2,1-4H3. The van der Waals surface area contributed by atoms with Gasteiger partial charge >= 0.3 is 0 Å². The number of amides is 1. The molecule has 0 aliphatic heterocycles. The van der Waals surface area contributed by atoms with Crippen molar-refractivity contribution in [3.8, 4) is 0 Å². The van der Waals surface area contributed by atoms with E-state index in [1.54, 1.807) is 11.9 Å². The molecule has 0 saturated heterocycles. The van der Waals surface area contributed by atoms with Gasteiger partial charge in [-0.2, -0.15) is 0 Å². The molecule has 102 valence electrons. The van der Waals surface area contributed by atoms with Crippen LogP contribution in [0.25, 0.3) is 10.9 Å². The van der Waals surface area contributed by atoms with Gasteiger partial charge in [0.25, 0.3) is 5.91 Å². The van der Waals surface area contributed by atoms with Crippen molar-refractivity contribution < 1.29 is 9.90 Å². The molecule has 0 aliphatic carbocycles. The van der Waals surface area contributed by atoms with Gasteiger partial charge in [0.05, 0.1) is 12.6 Å². The number of H-pyrrole nitrogens is 1. The molecule has 1 heterocycles. The largest absolute Gasteiger partial charge is 0.394 e. The molecule has 2 aromatic rings. The number of likely N-dealkylation sites (N-methyl/N-ethyl adjacent to an activating group) is 1. The van der Waals surface area contributed by atoms with Gasteiger partial charge in [0.2, 0.25) is 0 Å². The Morgan fingerprint density at radius 1 is 1.42 bits per heavy atom. The molecule has 4 nitrogen and oxygen atoms in total. The van der Waals surface area contributed by atoms with Crippen LogP contribution in [-0.2, 0) is 0 Å². The van der Waals surface area contributed by atoms with Gasteiger partial charge < -0.3 is 15.0 Å². The molecule has 2 N–H and O–H groups in total. The number of carbonyl (C=O) groups excluding carboxylic acids is 1. The lowest BCUT2D eigenvalue weighted by molar-refractivity contribution is 0.0677. The minimum absolute atomic E-state index is 0.0411. The Balaban J connectivity index is 2.41. The van der Waals surface area contributed by atoms with Crippen molar-refractivity contribution >= 4 is 16.8 Å². The smallest absolute Gasteiger partial charge is 0.270 e. The number of aryl methyl sites for hydroxylation is 2. The van der Waals surface area contributed by atoms with Gasteiger partial charge in [-0.25, -0.2) is 0 Å². The number of nitrogens with zero attached hydrogens (tertiary/aromatic N) is 1. The van der Waals surface area contributed by atoms with Crippen molar-refractivity contribution in [2.75, 3.05) is 13.7 Å². The zero-order chi connectivity index (χ0) is 14.2. The molecule has 1 aromatic heterocycles. The van der Waals surface area contributed by atoms with Gasteiger partial charge in [-0.15, -0.1) is 0 Å². The minimum Gasteiger partial charge on any atom is -0.394 e. The summed E-state index contributed by atoms with van der Waals surface area (Å²) in [7, 11) is 1.70. The second-order valence-corrected chi connectivity index (χ2v) is 5.10. The third kappa shape index (κ3) is 2.36. The molecule has 19 heavy (non-hydrogen) atoms.